The van der Waals surface area contributed by atoms with Crippen molar-refractivity contribution in [2.24, 2.45) is 7.05 Å². The van der Waals surface area contributed by atoms with E-state index in [0.29, 0.717) is 12.1 Å². The Morgan fingerprint density at radius 1 is 1.23 bits per heavy atom. The molecule has 0 spiro atoms. The van der Waals surface area contributed by atoms with E-state index in [-0.39, 0.29) is 17.8 Å². The Morgan fingerprint density at radius 3 is 2.69 bits per heavy atom. The van der Waals surface area contributed by atoms with E-state index in [0.717, 1.165) is 40.8 Å². The first-order valence-electron chi connectivity index (χ1n) is 8.83. The van der Waals surface area contributed by atoms with E-state index in [2.05, 4.69) is 18.0 Å². The highest BCUT2D eigenvalue weighted by Gasteiger charge is 2.34. The third-order valence-corrected chi connectivity index (χ3v) is 5.07. The highest BCUT2D eigenvalue weighted by Crippen LogP contribution is 2.37. The standard InChI is InChI=1S/C20H21FN4O/c1-12-11-13(2)22-19-17(12)18(23-24(19)3)16-5-4-10-25(16)20(26)14-6-8-15(21)9-7-14/h6-9,11,16H,4-5,10H2,1-3H3/t16-/m1/s1. The zero-order valence-corrected chi connectivity index (χ0v) is 15.2. The first-order chi connectivity index (χ1) is 12.5. The quantitative estimate of drug-likeness (QED) is 0.707. The van der Waals surface area contributed by atoms with Gasteiger partial charge in [-0.3, -0.25) is 9.48 Å². The van der Waals surface area contributed by atoms with Crippen LogP contribution in [-0.2, 0) is 7.05 Å². The number of hydrogen-bond acceptors (Lipinski definition) is 3. The van der Waals surface area contributed by atoms with Gasteiger partial charge in [0.1, 0.15) is 5.82 Å². The van der Waals surface area contributed by atoms with Crippen molar-refractivity contribution >= 4 is 16.9 Å². The fourth-order valence-electron chi connectivity index (χ4n) is 3.91. The third kappa shape index (κ3) is 2.66. The lowest BCUT2D eigenvalue weighted by Crippen LogP contribution is -2.31. The fraction of sp³-hybridized carbons (Fsp3) is 0.350. The summed E-state index contributed by atoms with van der Waals surface area (Å²) < 4.78 is 15.0. The number of carbonyl (C=O) groups is 1. The van der Waals surface area contributed by atoms with Crippen LogP contribution in [0.25, 0.3) is 11.0 Å². The fourth-order valence-corrected chi connectivity index (χ4v) is 3.91. The number of pyridine rings is 1. The van der Waals surface area contributed by atoms with Gasteiger partial charge >= 0.3 is 0 Å². The average Bonchev–Trinajstić information content (AvgIpc) is 3.20. The lowest BCUT2D eigenvalue weighted by Gasteiger charge is -2.24. The van der Waals surface area contributed by atoms with Gasteiger partial charge in [-0.05, 0) is 62.6 Å². The van der Waals surface area contributed by atoms with Crippen LogP contribution in [0.4, 0.5) is 4.39 Å². The molecule has 0 N–H and O–H groups in total. The number of benzene rings is 1. The van der Waals surface area contributed by atoms with Gasteiger partial charge in [0.2, 0.25) is 0 Å². The third-order valence-electron chi connectivity index (χ3n) is 5.07. The van der Waals surface area contributed by atoms with Gasteiger partial charge in [-0.1, -0.05) is 0 Å². The van der Waals surface area contributed by atoms with Crippen LogP contribution in [0.2, 0.25) is 0 Å². The van der Waals surface area contributed by atoms with Crippen molar-refractivity contribution in [3.63, 3.8) is 0 Å². The van der Waals surface area contributed by atoms with Crippen molar-refractivity contribution in [2.75, 3.05) is 6.54 Å². The van der Waals surface area contributed by atoms with Gasteiger partial charge in [0.15, 0.2) is 5.65 Å². The molecule has 2 aromatic heterocycles. The maximum atomic E-state index is 13.2. The van der Waals surface area contributed by atoms with Crippen molar-refractivity contribution in [1.29, 1.82) is 0 Å². The molecule has 3 aromatic rings. The van der Waals surface area contributed by atoms with Crippen LogP contribution in [0, 0.1) is 19.7 Å². The van der Waals surface area contributed by atoms with Gasteiger partial charge in [-0.25, -0.2) is 9.37 Å². The Kier molecular flexibility index (Phi) is 3.98. The second kappa shape index (κ2) is 6.20. The summed E-state index contributed by atoms with van der Waals surface area (Å²) >= 11 is 0. The lowest BCUT2D eigenvalue weighted by molar-refractivity contribution is 0.0733. The molecule has 1 amide bonds. The van der Waals surface area contributed by atoms with Crippen molar-refractivity contribution in [3.8, 4) is 0 Å². The number of likely N-dealkylation sites (tertiary alicyclic amines) is 1. The molecule has 26 heavy (non-hydrogen) atoms. The second-order valence-corrected chi connectivity index (χ2v) is 6.95. The van der Waals surface area contributed by atoms with Crippen molar-refractivity contribution in [1.82, 2.24) is 19.7 Å². The van der Waals surface area contributed by atoms with E-state index in [1.165, 1.54) is 12.1 Å². The Morgan fingerprint density at radius 2 is 1.96 bits per heavy atom. The second-order valence-electron chi connectivity index (χ2n) is 6.95. The largest absolute Gasteiger partial charge is 0.330 e. The molecule has 1 aromatic carbocycles. The zero-order chi connectivity index (χ0) is 18.4. The molecule has 1 fully saturated rings. The number of halogens is 1. The summed E-state index contributed by atoms with van der Waals surface area (Å²) in [6.07, 6.45) is 1.79. The predicted octanol–water partition coefficient (Wildman–Crippen LogP) is 3.70. The molecule has 0 bridgehead atoms. The lowest BCUT2D eigenvalue weighted by atomic mass is 10.0. The molecule has 134 valence electrons. The number of aromatic nitrogens is 3. The molecule has 1 atom stereocenters. The molecule has 1 aliphatic heterocycles. The van der Waals surface area contributed by atoms with Crippen LogP contribution in [0.1, 0.15) is 46.2 Å². The van der Waals surface area contributed by atoms with Crippen LogP contribution >= 0.6 is 0 Å². The van der Waals surface area contributed by atoms with E-state index in [4.69, 9.17) is 5.10 Å². The van der Waals surface area contributed by atoms with Crippen molar-refractivity contribution < 1.29 is 9.18 Å². The van der Waals surface area contributed by atoms with Crippen LogP contribution in [0.15, 0.2) is 30.3 Å². The molecule has 0 saturated carbocycles. The number of fused-ring (bicyclic) bond motifs is 1. The minimum atomic E-state index is -0.340. The highest BCUT2D eigenvalue weighted by molar-refractivity contribution is 5.95. The van der Waals surface area contributed by atoms with Crippen LogP contribution < -0.4 is 0 Å². The summed E-state index contributed by atoms with van der Waals surface area (Å²) in [4.78, 5) is 19.5. The molecule has 0 aliphatic carbocycles. The minimum Gasteiger partial charge on any atom is -0.330 e. The Balaban J connectivity index is 1.76. The van der Waals surface area contributed by atoms with Gasteiger partial charge in [0.05, 0.1) is 11.7 Å². The summed E-state index contributed by atoms with van der Waals surface area (Å²) in [7, 11) is 1.89. The summed E-state index contributed by atoms with van der Waals surface area (Å²) in [5.74, 6) is -0.420. The van der Waals surface area contributed by atoms with Crippen LogP contribution in [0.3, 0.4) is 0 Å². The predicted molar refractivity (Wildman–Crippen MR) is 97.4 cm³/mol. The Bertz CT molecular complexity index is 993. The number of amides is 1. The monoisotopic (exact) mass is 352 g/mol. The number of hydrogen-bond donors (Lipinski definition) is 0. The number of rotatable bonds is 2. The average molecular weight is 352 g/mol. The molecule has 6 heteroatoms. The van der Waals surface area contributed by atoms with Crippen molar-refractivity contribution in [2.45, 2.75) is 32.7 Å². The van der Waals surface area contributed by atoms with E-state index >= 15 is 0 Å². The smallest absolute Gasteiger partial charge is 0.254 e. The molecule has 0 unspecified atom stereocenters. The maximum Gasteiger partial charge on any atom is 0.254 e. The van der Waals surface area contributed by atoms with Gasteiger partial charge in [-0.2, -0.15) is 5.10 Å². The summed E-state index contributed by atoms with van der Waals surface area (Å²) in [5, 5.41) is 5.74. The zero-order valence-electron chi connectivity index (χ0n) is 15.2. The molecular weight excluding hydrogens is 331 g/mol. The molecular formula is C20H21FN4O. The molecule has 4 rings (SSSR count). The molecule has 1 aliphatic rings. The molecule has 3 heterocycles. The summed E-state index contributed by atoms with van der Waals surface area (Å²) in [6.45, 7) is 4.71. The van der Waals surface area contributed by atoms with Crippen LogP contribution in [0.5, 0.6) is 0 Å². The SMILES string of the molecule is Cc1cc(C)c2c([C@H]3CCCN3C(=O)c3ccc(F)cc3)nn(C)c2n1. The van der Waals surface area contributed by atoms with E-state index in [9.17, 15) is 9.18 Å². The van der Waals surface area contributed by atoms with Gasteiger partial charge in [0.25, 0.3) is 5.91 Å². The van der Waals surface area contributed by atoms with Gasteiger partial charge < -0.3 is 4.90 Å². The number of carbonyl (C=O) groups excluding carboxylic acids is 1. The topological polar surface area (TPSA) is 51.0 Å². The first-order valence-corrected chi connectivity index (χ1v) is 8.83. The molecule has 1 saturated heterocycles. The van der Waals surface area contributed by atoms with E-state index in [1.54, 1.807) is 16.8 Å². The summed E-state index contributed by atoms with van der Waals surface area (Å²) in [6, 6.07) is 7.70. The maximum absolute atomic E-state index is 13.2. The first kappa shape index (κ1) is 16.7. The van der Waals surface area contributed by atoms with Gasteiger partial charge in [0, 0.05) is 30.2 Å². The van der Waals surface area contributed by atoms with E-state index in [1.807, 2.05) is 18.9 Å². The summed E-state index contributed by atoms with van der Waals surface area (Å²) in [5.41, 5.74) is 4.33. The van der Waals surface area contributed by atoms with Crippen molar-refractivity contribution in [3.05, 3.63) is 58.7 Å². The van der Waals surface area contributed by atoms with Gasteiger partial charge in [-0.15, -0.1) is 0 Å². The number of nitrogens with zero attached hydrogens (tertiary/aromatic N) is 4. The van der Waals surface area contributed by atoms with E-state index < -0.39 is 0 Å². The minimum absolute atomic E-state index is 0.0796. The molecule has 0 radical (unpaired) electrons. The molecule has 5 nitrogen and oxygen atoms in total. The van der Waals surface area contributed by atoms with Crippen LogP contribution in [-0.4, -0.2) is 32.1 Å². The highest BCUT2D eigenvalue weighted by atomic mass is 19.1. The normalized spacial score (nSPS) is 17.2. The Hall–Kier alpha value is -2.76. The Labute approximate surface area is 151 Å². The number of aryl methyl sites for hydroxylation is 3.